The second-order valence-electron chi connectivity index (χ2n) is 4.33. The number of hydrogen-bond donors (Lipinski definition) is 2. The van der Waals surface area contributed by atoms with Crippen LogP contribution in [0.5, 0.6) is 5.75 Å². The van der Waals surface area contributed by atoms with Crippen LogP contribution in [0.4, 0.5) is 0 Å². The molecule has 2 N–H and O–H groups in total. The van der Waals surface area contributed by atoms with Crippen LogP contribution in [0.25, 0.3) is 0 Å². The van der Waals surface area contributed by atoms with Crippen molar-refractivity contribution >= 4 is 15.9 Å². The minimum Gasteiger partial charge on any atom is -0.494 e. The summed E-state index contributed by atoms with van der Waals surface area (Å²) in [6.45, 7) is 2.31. The molecule has 2 rings (SSSR count). The minimum atomic E-state index is -3.80. The van der Waals surface area contributed by atoms with Gasteiger partial charge >= 0.3 is 0 Å². The van der Waals surface area contributed by atoms with Crippen molar-refractivity contribution < 1.29 is 17.9 Å². The van der Waals surface area contributed by atoms with E-state index < -0.39 is 15.9 Å². The first-order chi connectivity index (χ1) is 10.5. The van der Waals surface area contributed by atoms with Gasteiger partial charge in [0.2, 0.25) is 0 Å². The fourth-order valence-electron chi connectivity index (χ4n) is 1.74. The quantitative estimate of drug-likeness (QED) is 0.794. The average Bonchev–Trinajstić information content (AvgIpc) is 2.54. The summed E-state index contributed by atoms with van der Waals surface area (Å²) < 4.78 is 29.3. The molecule has 0 fully saturated rings. The molecule has 0 aliphatic heterocycles. The molecule has 6 nitrogen and oxygen atoms in total. The Labute approximate surface area is 129 Å². The summed E-state index contributed by atoms with van der Waals surface area (Å²) in [6, 6.07) is 14.2. The third-order valence-corrected chi connectivity index (χ3v) is 4.02. The highest BCUT2D eigenvalue weighted by atomic mass is 32.2. The van der Waals surface area contributed by atoms with Gasteiger partial charge in [-0.25, -0.2) is 8.42 Å². The number of amides is 1. The van der Waals surface area contributed by atoms with Gasteiger partial charge in [0.05, 0.1) is 11.5 Å². The van der Waals surface area contributed by atoms with E-state index in [1.54, 1.807) is 36.4 Å². The van der Waals surface area contributed by atoms with Crippen LogP contribution in [0, 0.1) is 0 Å². The SMILES string of the molecule is CCOc1cccc(C(=O)NNS(=O)(=O)c2ccccc2)c1. The molecule has 116 valence electrons. The molecule has 0 aliphatic rings. The van der Waals surface area contributed by atoms with Gasteiger partial charge in [0.15, 0.2) is 0 Å². The minimum absolute atomic E-state index is 0.0679. The van der Waals surface area contributed by atoms with Crippen molar-refractivity contribution in [2.75, 3.05) is 6.61 Å². The van der Waals surface area contributed by atoms with Crippen molar-refractivity contribution in [2.24, 2.45) is 0 Å². The highest BCUT2D eigenvalue weighted by Crippen LogP contribution is 2.13. The zero-order chi connectivity index (χ0) is 16.0. The Morgan fingerprint density at radius 1 is 1.09 bits per heavy atom. The lowest BCUT2D eigenvalue weighted by Crippen LogP contribution is -2.41. The maximum Gasteiger partial charge on any atom is 0.266 e. The van der Waals surface area contributed by atoms with Crippen LogP contribution in [0.1, 0.15) is 17.3 Å². The maximum absolute atomic E-state index is 12.0. The molecule has 0 bridgehead atoms. The number of ether oxygens (including phenoxy) is 1. The van der Waals surface area contributed by atoms with E-state index in [0.717, 1.165) is 0 Å². The molecule has 7 heteroatoms. The first-order valence-corrected chi connectivity index (χ1v) is 8.11. The molecule has 0 atom stereocenters. The number of benzene rings is 2. The smallest absolute Gasteiger partial charge is 0.266 e. The van der Waals surface area contributed by atoms with Gasteiger partial charge < -0.3 is 4.74 Å². The molecule has 2 aromatic rings. The van der Waals surface area contributed by atoms with Crippen molar-refractivity contribution in [3.05, 3.63) is 60.2 Å². The molecule has 0 saturated heterocycles. The molecule has 0 aromatic heterocycles. The average molecular weight is 320 g/mol. The Hall–Kier alpha value is -2.38. The second-order valence-corrected chi connectivity index (χ2v) is 6.02. The molecule has 0 heterocycles. The number of hydrogen-bond acceptors (Lipinski definition) is 4. The van der Waals surface area contributed by atoms with Crippen LogP contribution in [0.3, 0.4) is 0 Å². The van der Waals surface area contributed by atoms with Crippen molar-refractivity contribution in [2.45, 2.75) is 11.8 Å². The summed E-state index contributed by atoms with van der Waals surface area (Å²) in [6.07, 6.45) is 0. The van der Waals surface area contributed by atoms with E-state index >= 15 is 0 Å². The number of carbonyl (C=O) groups excluding carboxylic acids is 1. The highest BCUT2D eigenvalue weighted by molar-refractivity contribution is 7.89. The summed E-state index contributed by atoms with van der Waals surface area (Å²) in [4.78, 5) is 14.1. The summed E-state index contributed by atoms with van der Waals surface area (Å²) in [5.41, 5.74) is 2.47. The number of rotatable bonds is 6. The molecular formula is C15H16N2O4S. The molecule has 0 saturated carbocycles. The molecule has 0 aliphatic carbocycles. The van der Waals surface area contributed by atoms with Gasteiger partial charge in [-0.1, -0.05) is 24.3 Å². The van der Waals surface area contributed by atoms with Gasteiger partial charge in [0.1, 0.15) is 5.75 Å². The van der Waals surface area contributed by atoms with E-state index in [4.69, 9.17) is 4.74 Å². The summed E-state index contributed by atoms with van der Waals surface area (Å²) in [5.74, 6) is -0.0258. The van der Waals surface area contributed by atoms with Crippen LogP contribution in [-0.2, 0) is 10.0 Å². The summed E-state index contributed by atoms with van der Waals surface area (Å²) in [7, 11) is -3.80. The predicted molar refractivity (Wildman–Crippen MR) is 81.8 cm³/mol. The number of sulfonamides is 1. The van der Waals surface area contributed by atoms with E-state index in [-0.39, 0.29) is 4.90 Å². The Balaban J connectivity index is 2.05. The lowest BCUT2D eigenvalue weighted by molar-refractivity contribution is 0.0944. The normalized spacial score (nSPS) is 11.0. The lowest BCUT2D eigenvalue weighted by Gasteiger charge is -2.09. The van der Waals surface area contributed by atoms with E-state index in [1.165, 1.54) is 18.2 Å². The fourth-order valence-corrected chi connectivity index (χ4v) is 2.60. The van der Waals surface area contributed by atoms with Crippen molar-refractivity contribution in [3.63, 3.8) is 0 Å². The fraction of sp³-hybridized carbons (Fsp3) is 0.133. The van der Waals surface area contributed by atoms with E-state index in [1.807, 2.05) is 6.92 Å². The molecule has 22 heavy (non-hydrogen) atoms. The van der Waals surface area contributed by atoms with Crippen molar-refractivity contribution in [1.29, 1.82) is 0 Å². The second kappa shape index (κ2) is 7.06. The number of hydrazine groups is 1. The van der Waals surface area contributed by atoms with E-state index in [0.29, 0.717) is 17.9 Å². The lowest BCUT2D eigenvalue weighted by atomic mass is 10.2. The van der Waals surface area contributed by atoms with Crippen LogP contribution < -0.4 is 15.0 Å². The molecule has 2 aromatic carbocycles. The highest BCUT2D eigenvalue weighted by Gasteiger charge is 2.15. The molecule has 1 amide bonds. The van der Waals surface area contributed by atoms with E-state index in [9.17, 15) is 13.2 Å². The topological polar surface area (TPSA) is 84.5 Å². The van der Waals surface area contributed by atoms with Crippen molar-refractivity contribution in [3.8, 4) is 5.75 Å². The first kappa shape index (κ1) is 16.0. The number of nitrogens with one attached hydrogen (secondary N) is 2. The van der Waals surface area contributed by atoms with Crippen LogP contribution in [-0.4, -0.2) is 20.9 Å². The maximum atomic E-state index is 12.0. The van der Waals surface area contributed by atoms with Crippen LogP contribution in [0.15, 0.2) is 59.5 Å². The Bertz CT molecular complexity index is 745. The van der Waals surface area contributed by atoms with Gasteiger partial charge in [0, 0.05) is 5.56 Å². The molecule has 0 spiro atoms. The zero-order valence-electron chi connectivity index (χ0n) is 11.9. The molecular weight excluding hydrogens is 304 g/mol. The zero-order valence-corrected chi connectivity index (χ0v) is 12.8. The molecule has 0 unspecified atom stereocenters. The Kier molecular flexibility index (Phi) is 5.13. The van der Waals surface area contributed by atoms with Gasteiger partial charge in [-0.15, -0.1) is 4.83 Å². The van der Waals surface area contributed by atoms with Crippen LogP contribution >= 0.6 is 0 Å². The largest absolute Gasteiger partial charge is 0.494 e. The van der Waals surface area contributed by atoms with Gasteiger partial charge in [-0.05, 0) is 37.3 Å². The first-order valence-electron chi connectivity index (χ1n) is 6.63. The third-order valence-electron chi connectivity index (χ3n) is 2.76. The Morgan fingerprint density at radius 3 is 2.50 bits per heavy atom. The molecule has 0 radical (unpaired) electrons. The van der Waals surface area contributed by atoms with Gasteiger partial charge in [-0.3, -0.25) is 10.2 Å². The summed E-state index contributed by atoms with van der Waals surface area (Å²) in [5, 5.41) is 0. The van der Waals surface area contributed by atoms with Gasteiger partial charge in [0.25, 0.3) is 15.9 Å². The van der Waals surface area contributed by atoms with E-state index in [2.05, 4.69) is 10.3 Å². The third kappa shape index (κ3) is 4.06. The monoisotopic (exact) mass is 320 g/mol. The summed E-state index contributed by atoms with van der Waals surface area (Å²) >= 11 is 0. The van der Waals surface area contributed by atoms with Gasteiger partial charge in [-0.2, -0.15) is 0 Å². The standard InChI is InChI=1S/C15H16N2O4S/c1-2-21-13-8-6-7-12(11-13)15(18)16-17-22(19,20)14-9-4-3-5-10-14/h3-11,17H,2H2,1H3,(H,16,18). The predicted octanol–water partition coefficient (Wildman–Crippen LogP) is 1.71. The van der Waals surface area contributed by atoms with Crippen molar-refractivity contribution in [1.82, 2.24) is 10.3 Å². The van der Waals surface area contributed by atoms with Crippen LogP contribution in [0.2, 0.25) is 0 Å². The Morgan fingerprint density at radius 2 is 1.82 bits per heavy atom. The number of carbonyl (C=O) groups is 1.